The fourth-order valence-corrected chi connectivity index (χ4v) is 14.9. The maximum atomic E-state index is 13.0. The molecular weight excluding hydrogens is 1380 g/mol. The predicted molar refractivity (Wildman–Crippen MR) is 342 cm³/mol. The van der Waals surface area contributed by atoms with Gasteiger partial charge < -0.3 is 79.5 Å². The topological polar surface area (TPSA) is 517 Å². The molecule has 7 heterocycles. The molecule has 2 aromatic carbocycles. The lowest BCUT2D eigenvalue weighted by Gasteiger charge is -2.39. The zero-order valence-electron chi connectivity index (χ0n) is 53.7. The number of aromatic amines is 1. The Morgan fingerprint density at radius 2 is 1.54 bits per heavy atom. The highest BCUT2D eigenvalue weighted by Gasteiger charge is 2.52. The largest absolute Gasteiger partial charge is 0.744 e. The number of aliphatic hydroxyl groups is 5. The van der Waals surface area contributed by atoms with Crippen molar-refractivity contribution in [2.24, 2.45) is 0 Å². The van der Waals surface area contributed by atoms with Crippen molar-refractivity contribution in [3.8, 4) is 0 Å². The van der Waals surface area contributed by atoms with E-state index in [9.17, 15) is 80.0 Å². The van der Waals surface area contributed by atoms with Gasteiger partial charge in [0.1, 0.15) is 65.1 Å². The van der Waals surface area contributed by atoms with Crippen LogP contribution in [0.1, 0.15) is 89.5 Å². The predicted octanol–water partition coefficient (Wildman–Crippen LogP) is 1.11. The van der Waals surface area contributed by atoms with E-state index in [1.165, 1.54) is 35.1 Å². The van der Waals surface area contributed by atoms with Gasteiger partial charge in [-0.25, -0.2) is 27.2 Å². The Bertz CT molecular complexity index is 4240. The zero-order valence-corrected chi connectivity index (χ0v) is 57.1. The number of likely N-dealkylation sites (N-methyl/N-ethyl adjacent to an activating group) is 1. The number of fused-ring (bicyclic) bond motifs is 3. The number of unbranched alkanes of at least 4 members (excludes halogenated alkanes) is 2. The lowest BCUT2D eigenvalue weighted by molar-refractivity contribution is -0.438. The van der Waals surface area contributed by atoms with Crippen LogP contribution in [0.15, 0.2) is 99.6 Å². The average molecular weight is 1460 g/mol. The molecule has 0 saturated carbocycles. The number of hydrogen-bond donors (Lipinski definition) is 11. The first kappa shape index (κ1) is 75.8. The lowest BCUT2D eigenvalue weighted by Crippen LogP contribution is -2.54. The summed E-state index contributed by atoms with van der Waals surface area (Å²) in [6, 6.07) is 8.97. The number of anilines is 2. The van der Waals surface area contributed by atoms with Gasteiger partial charge in [-0.15, -0.1) is 5.10 Å². The number of hydrogen-bond acceptors (Lipinski definition) is 28. The summed E-state index contributed by atoms with van der Waals surface area (Å²) in [5.74, 6) is -0.446. The number of nitrogens with zero attached hydrogens (tertiary/aromatic N) is 8. The van der Waals surface area contributed by atoms with E-state index >= 15 is 0 Å². The SMILES string of the molecule is CCN1/C(=C/C=C/C=C/C2=[N+](CCCCCC(=O)NCCOCCOCCOCCn3cc([C@@H]4O[C@H](OP(=O)(O)OP(=O)(O)OC[C@H]5O[C@@H](n6cnc7c(=O)[nH]c(N)nc76)[C@H](O)[C@@H]5O)[C@@H](O)[C@H](O)[C@@H]4O)nn3)c3ccc(S(=O)(=O)O)cc3C2(C)C)C(C)(C)c2cc(S(=O)(=O)[O-])ccc21. The highest BCUT2D eigenvalue weighted by atomic mass is 32.2. The second-order valence-electron chi connectivity index (χ2n) is 24.2. The van der Waals surface area contributed by atoms with Crippen molar-refractivity contribution in [2.75, 3.05) is 76.5 Å². The number of phosphoric ester groups is 2. The van der Waals surface area contributed by atoms with E-state index in [2.05, 4.69) is 44.4 Å². The Kier molecular flexibility index (Phi) is 24.1. The van der Waals surface area contributed by atoms with E-state index < -0.39 is 114 Å². The van der Waals surface area contributed by atoms with Crippen molar-refractivity contribution in [1.29, 1.82) is 0 Å². The number of nitrogens with two attached hydrogens (primary N) is 1. The minimum atomic E-state index is -5.78. The number of benzene rings is 2. The van der Waals surface area contributed by atoms with Gasteiger partial charge in [0.2, 0.25) is 17.5 Å². The standard InChI is InChI=1S/C58H79N11O25P2S2/c1-6-67-39-18-16-34(97(81,82)83)29-36(39)57(2,3)42(67)13-9-7-10-14-43-58(4,5)37-30-35(98(84,85)86)17-19-40(37)68(43)21-12-8-11-15-44(70)60-20-23-87-25-27-89-28-26-88-24-22-66-31-38(64-65-66)51-48(73)47(72)50(75)55(92-51)93-96(79,80)94-95(77,78)90-32-41-46(71)49(74)54(91-41)69-33-61-45-52(69)62-56(59)63-53(45)76/h7,9-10,13-14,16-19,29-31,33,41,46-51,54-55,71-75H,6,8,11-12,15,20-28,32H2,1-5H3,(H7-,59,60,62,63,70,76,77,78,79,80,81,82,83,84,85,86)/t41-,46-,47-,48+,49-,50+,51+,54-,55-/m1/s1. The fourth-order valence-electron chi connectivity index (χ4n) is 11.8. The molecule has 5 aromatic rings. The highest BCUT2D eigenvalue weighted by Crippen LogP contribution is 2.62. The van der Waals surface area contributed by atoms with Crippen LogP contribution in [0.4, 0.5) is 17.3 Å². The van der Waals surface area contributed by atoms with E-state index in [-0.39, 0.29) is 97.7 Å². The molecule has 11 atom stereocenters. The first-order chi connectivity index (χ1) is 46.1. The molecule has 1 amide bonds. The molecule has 12 N–H and O–H groups in total. The summed E-state index contributed by atoms with van der Waals surface area (Å²) in [6.45, 7) is 11.5. The Morgan fingerprint density at radius 1 is 0.847 bits per heavy atom. The minimum Gasteiger partial charge on any atom is -0.744 e. The number of carbonyl (C=O) groups is 1. The molecule has 538 valence electrons. The van der Waals surface area contributed by atoms with Gasteiger partial charge in [0, 0.05) is 60.4 Å². The average Bonchev–Trinajstić information content (AvgIpc) is 1.59. The number of amides is 1. The Labute approximate surface area is 561 Å². The third kappa shape index (κ3) is 17.6. The third-order valence-corrected chi connectivity index (χ3v) is 21.0. The number of phosphoric acid groups is 2. The van der Waals surface area contributed by atoms with E-state index in [4.69, 9.17) is 38.5 Å². The van der Waals surface area contributed by atoms with Gasteiger partial charge >= 0.3 is 15.6 Å². The van der Waals surface area contributed by atoms with Crippen LogP contribution in [-0.2, 0) is 88.6 Å². The number of nitrogen functional groups attached to an aromatic ring is 1. The van der Waals surface area contributed by atoms with Gasteiger partial charge in [0.15, 0.2) is 29.4 Å². The molecule has 3 aromatic heterocycles. The molecule has 4 aliphatic heterocycles. The van der Waals surface area contributed by atoms with Gasteiger partial charge in [-0.3, -0.25) is 32.7 Å². The minimum absolute atomic E-state index is 0.0936. The summed E-state index contributed by atoms with van der Waals surface area (Å²) < 4.78 is 142. The van der Waals surface area contributed by atoms with Gasteiger partial charge in [-0.05, 0) is 75.6 Å². The molecule has 4 aliphatic rings. The molecule has 2 saturated heterocycles. The summed E-state index contributed by atoms with van der Waals surface area (Å²) in [6.07, 6.45) is -2.68. The smallest absolute Gasteiger partial charge is 0.483 e. The van der Waals surface area contributed by atoms with Crippen LogP contribution in [0.5, 0.6) is 0 Å². The van der Waals surface area contributed by atoms with Crippen molar-refractivity contribution >= 4 is 76.0 Å². The van der Waals surface area contributed by atoms with E-state index in [1.807, 2.05) is 65.0 Å². The van der Waals surface area contributed by atoms with Crippen molar-refractivity contribution in [3.05, 3.63) is 112 Å². The molecule has 0 aliphatic carbocycles. The number of ether oxygens (including phenoxy) is 5. The third-order valence-electron chi connectivity index (χ3n) is 16.7. The van der Waals surface area contributed by atoms with Crippen LogP contribution in [0.2, 0.25) is 0 Å². The summed E-state index contributed by atoms with van der Waals surface area (Å²) in [5.41, 5.74) is 7.98. The first-order valence-electron chi connectivity index (χ1n) is 30.9. The number of aliphatic hydroxyl groups excluding tert-OH is 5. The molecule has 40 heteroatoms. The molecule has 2 unspecified atom stereocenters. The summed E-state index contributed by atoms with van der Waals surface area (Å²) in [5, 5.41) is 63.9. The Hall–Kier alpha value is -6.43. The first-order valence-corrected chi connectivity index (χ1v) is 36.7. The summed E-state index contributed by atoms with van der Waals surface area (Å²) >= 11 is 0. The molecule has 0 spiro atoms. The van der Waals surface area contributed by atoms with Crippen LogP contribution in [-0.4, -0.2) is 221 Å². The highest BCUT2D eigenvalue weighted by molar-refractivity contribution is 7.86. The van der Waals surface area contributed by atoms with Crippen LogP contribution in [0.3, 0.4) is 0 Å². The number of aromatic nitrogens is 7. The van der Waals surface area contributed by atoms with Crippen LogP contribution >= 0.6 is 15.6 Å². The second kappa shape index (κ2) is 31.2. The molecular formula is C58H79N11O25P2S2. The maximum absolute atomic E-state index is 13.0. The van der Waals surface area contributed by atoms with Crippen molar-refractivity contribution in [2.45, 2.75) is 143 Å². The van der Waals surface area contributed by atoms with E-state index in [1.54, 1.807) is 12.1 Å². The number of H-pyrrole nitrogens is 1. The fraction of sp³-hybridized carbons (Fsp3) is 0.534. The molecule has 2 fully saturated rings. The molecule has 98 heavy (non-hydrogen) atoms. The Balaban J connectivity index is 0.644. The van der Waals surface area contributed by atoms with Crippen LogP contribution in [0.25, 0.3) is 11.2 Å². The van der Waals surface area contributed by atoms with E-state index in [0.29, 0.717) is 32.4 Å². The molecule has 9 rings (SSSR count). The second-order valence-corrected chi connectivity index (χ2v) is 30.0. The van der Waals surface area contributed by atoms with Crippen LogP contribution in [0, 0.1) is 0 Å². The number of imidazole rings is 1. The molecule has 0 radical (unpaired) electrons. The van der Waals surface area contributed by atoms with Crippen molar-refractivity contribution in [1.82, 2.24) is 39.8 Å². The normalized spacial score (nSPS) is 24.9. The number of nitrogens with one attached hydrogen (secondary N) is 2. The maximum Gasteiger partial charge on any atom is 0.483 e. The van der Waals surface area contributed by atoms with Gasteiger partial charge in [-0.1, -0.05) is 37.3 Å². The molecule has 36 nitrogen and oxygen atoms in total. The van der Waals surface area contributed by atoms with Crippen molar-refractivity contribution in [3.63, 3.8) is 0 Å². The van der Waals surface area contributed by atoms with Gasteiger partial charge in [0.25, 0.3) is 15.7 Å². The van der Waals surface area contributed by atoms with Crippen LogP contribution < -0.4 is 21.5 Å². The van der Waals surface area contributed by atoms with E-state index in [0.717, 1.165) is 44.8 Å². The summed E-state index contributed by atoms with van der Waals surface area (Å²) in [7, 11) is -20.5. The molecule has 0 bridgehead atoms. The Morgan fingerprint density at radius 3 is 2.24 bits per heavy atom. The summed E-state index contributed by atoms with van der Waals surface area (Å²) in [4.78, 5) is 57.3. The van der Waals surface area contributed by atoms with Gasteiger partial charge in [0.05, 0.1) is 80.5 Å². The van der Waals surface area contributed by atoms with Crippen molar-refractivity contribution < 1.29 is 117 Å². The number of allylic oxidation sites excluding steroid dienone is 6. The number of rotatable bonds is 33. The van der Waals surface area contributed by atoms with Gasteiger partial charge in [-0.2, -0.15) is 22.3 Å². The lowest BCUT2D eigenvalue weighted by atomic mass is 9.81. The number of carbonyl (C=O) groups excluding carboxylic acids is 1. The monoisotopic (exact) mass is 1460 g/mol. The zero-order chi connectivity index (χ0) is 71.3. The quantitative estimate of drug-likeness (QED) is 0.00921.